The number of halogens is 3. The Morgan fingerprint density at radius 2 is 1.79 bits per heavy atom. The van der Waals surface area contributed by atoms with Crippen LogP contribution in [0, 0.1) is 0 Å². The van der Waals surface area contributed by atoms with Crippen molar-refractivity contribution in [2.24, 2.45) is 0 Å². The number of fused-ring (bicyclic) bond motifs is 1. The van der Waals surface area contributed by atoms with Crippen LogP contribution in [0.4, 0.5) is 5.13 Å². The van der Waals surface area contributed by atoms with E-state index in [1.165, 1.54) is 17.4 Å². The number of hydrogen-bond acceptors (Lipinski definition) is 4. The highest BCUT2D eigenvalue weighted by Gasteiger charge is 2.48. The molecular weight excluding hydrogens is 437 g/mol. The first-order valence-corrected chi connectivity index (χ1v) is 10.6. The number of rotatable bonds is 3. The van der Waals surface area contributed by atoms with E-state index in [0.717, 1.165) is 20.9 Å². The fourth-order valence-electron chi connectivity index (χ4n) is 3.22. The van der Waals surface area contributed by atoms with E-state index in [2.05, 4.69) is 4.98 Å². The van der Waals surface area contributed by atoms with Crippen molar-refractivity contribution in [2.45, 2.75) is 9.96 Å². The van der Waals surface area contributed by atoms with E-state index in [4.69, 9.17) is 34.8 Å². The number of carbonyl (C=O) groups excluding carboxylic acids is 1. The van der Waals surface area contributed by atoms with Crippen LogP contribution in [-0.4, -0.2) is 38.8 Å². The van der Waals surface area contributed by atoms with Gasteiger partial charge >= 0.3 is 0 Å². The second kappa shape index (κ2) is 7.91. The van der Waals surface area contributed by atoms with Gasteiger partial charge in [-0.2, -0.15) is 0 Å². The molecule has 0 saturated carbocycles. The number of carbonyl (C=O) groups is 1. The van der Waals surface area contributed by atoms with Gasteiger partial charge in [0.2, 0.25) is 9.70 Å². The molecule has 1 atom stereocenters. The van der Waals surface area contributed by atoms with Crippen LogP contribution in [0.15, 0.2) is 60.7 Å². The average Bonchev–Trinajstić information content (AvgIpc) is 3.30. The Morgan fingerprint density at radius 1 is 1.07 bits per heavy atom. The summed E-state index contributed by atoms with van der Waals surface area (Å²) in [6, 6.07) is 17.5. The maximum absolute atomic E-state index is 12.8. The van der Waals surface area contributed by atoms with Gasteiger partial charge in [-0.1, -0.05) is 88.6 Å². The van der Waals surface area contributed by atoms with Gasteiger partial charge in [-0.05, 0) is 23.8 Å². The molecule has 4 nitrogen and oxygen atoms in total. The molecule has 8 heteroatoms. The normalized spacial score (nSPS) is 17.8. The van der Waals surface area contributed by atoms with Gasteiger partial charge in [0.25, 0.3) is 0 Å². The lowest BCUT2D eigenvalue weighted by atomic mass is 10.2. The van der Waals surface area contributed by atoms with Crippen LogP contribution < -0.4 is 4.90 Å². The van der Waals surface area contributed by atoms with Crippen LogP contribution in [0.3, 0.4) is 0 Å². The van der Waals surface area contributed by atoms with E-state index in [9.17, 15) is 4.79 Å². The number of para-hydroxylation sites is 1. The van der Waals surface area contributed by atoms with Crippen molar-refractivity contribution in [1.82, 2.24) is 9.88 Å². The minimum absolute atomic E-state index is 0.205. The maximum Gasteiger partial charge on any atom is 0.248 e. The molecule has 28 heavy (non-hydrogen) atoms. The van der Waals surface area contributed by atoms with Crippen LogP contribution in [0.5, 0.6) is 0 Å². The average molecular weight is 453 g/mol. The topological polar surface area (TPSA) is 36.4 Å². The number of anilines is 1. The molecule has 3 aromatic rings. The molecule has 1 aliphatic heterocycles. The lowest BCUT2D eigenvalue weighted by Crippen LogP contribution is -2.50. The van der Waals surface area contributed by atoms with Crippen molar-refractivity contribution in [1.29, 1.82) is 0 Å². The first-order chi connectivity index (χ1) is 13.4. The smallest absolute Gasteiger partial charge is 0.248 e. The van der Waals surface area contributed by atoms with Gasteiger partial charge in [0.1, 0.15) is 0 Å². The first kappa shape index (κ1) is 19.5. The van der Waals surface area contributed by atoms with Crippen molar-refractivity contribution in [3.63, 3.8) is 0 Å². The zero-order valence-corrected chi connectivity index (χ0v) is 17.7. The van der Waals surface area contributed by atoms with Crippen molar-refractivity contribution in [3.05, 3.63) is 66.2 Å². The summed E-state index contributed by atoms with van der Waals surface area (Å²) in [6.07, 6.45) is 2.55. The van der Waals surface area contributed by atoms with Crippen LogP contribution in [0.1, 0.15) is 5.56 Å². The molecule has 1 aliphatic rings. The van der Waals surface area contributed by atoms with Crippen LogP contribution in [0.2, 0.25) is 0 Å². The molecule has 1 amide bonds. The second-order valence-electron chi connectivity index (χ2n) is 6.35. The quantitative estimate of drug-likeness (QED) is 0.397. The summed E-state index contributed by atoms with van der Waals surface area (Å²) in [5.74, 6) is -0.205. The maximum atomic E-state index is 12.8. The van der Waals surface area contributed by atoms with Gasteiger partial charge in [-0.25, -0.2) is 4.98 Å². The summed E-state index contributed by atoms with van der Waals surface area (Å²) in [7, 11) is 0. The zero-order chi connectivity index (χ0) is 19.7. The molecule has 4 rings (SSSR count). The molecule has 0 bridgehead atoms. The largest absolute Gasteiger partial charge is 0.322 e. The first-order valence-electron chi connectivity index (χ1n) is 8.66. The Morgan fingerprint density at radius 3 is 2.50 bits per heavy atom. The van der Waals surface area contributed by atoms with Crippen molar-refractivity contribution in [2.75, 3.05) is 18.0 Å². The van der Waals surface area contributed by atoms with E-state index < -0.39 is 9.96 Å². The summed E-state index contributed by atoms with van der Waals surface area (Å²) in [4.78, 5) is 21.0. The molecular formula is C20H16Cl3N3OS. The Balaban J connectivity index is 1.61. The Labute approximate surface area is 181 Å². The summed E-state index contributed by atoms with van der Waals surface area (Å²) >= 11 is 20.4. The van der Waals surface area contributed by atoms with Gasteiger partial charge in [-0.3, -0.25) is 4.79 Å². The standard InChI is InChI=1S/C20H16Cl3N3OS/c21-20(22,23)18-25(17(27)11-10-14-6-2-1-3-7-14)12-13-26(18)19-24-15-8-4-5-9-16(15)28-19/h1-11,18H,12-13H2/b11-10+. The third-order valence-electron chi connectivity index (χ3n) is 4.49. The molecule has 1 unspecified atom stereocenters. The monoisotopic (exact) mass is 451 g/mol. The summed E-state index contributed by atoms with van der Waals surface area (Å²) in [6.45, 7) is 0.996. The minimum Gasteiger partial charge on any atom is -0.322 e. The van der Waals surface area contributed by atoms with Gasteiger partial charge in [-0.15, -0.1) is 0 Å². The van der Waals surface area contributed by atoms with E-state index in [1.54, 1.807) is 11.0 Å². The Kier molecular flexibility index (Phi) is 5.52. The molecule has 0 spiro atoms. The number of thiazole rings is 1. The molecule has 2 aromatic carbocycles. The van der Waals surface area contributed by atoms with Gasteiger partial charge in [0.15, 0.2) is 11.3 Å². The zero-order valence-electron chi connectivity index (χ0n) is 14.6. The Hall–Kier alpha value is -1.79. The predicted molar refractivity (Wildman–Crippen MR) is 118 cm³/mol. The summed E-state index contributed by atoms with van der Waals surface area (Å²) in [5.41, 5.74) is 1.82. The molecule has 0 radical (unpaired) electrons. The summed E-state index contributed by atoms with van der Waals surface area (Å²) in [5, 5.41) is 0.736. The van der Waals surface area contributed by atoms with Crippen LogP contribution in [-0.2, 0) is 4.79 Å². The number of aromatic nitrogens is 1. The lowest BCUT2D eigenvalue weighted by molar-refractivity contribution is -0.126. The van der Waals surface area contributed by atoms with E-state index in [1.807, 2.05) is 59.5 Å². The van der Waals surface area contributed by atoms with E-state index >= 15 is 0 Å². The fraction of sp³-hybridized carbons (Fsp3) is 0.200. The molecule has 1 fully saturated rings. The number of amides is 1. The SMILES string of the molecule is O=C(/C=C/c1ccccc1)N1CCN(c2nc3ccccc3s2)C1C(Cl)(Cl)Cl. The van der Waals surface area contributed by atoms with Gasteiger partial charge in [0, 0.05) is 19.2 Å². The Bertz CT molecular complexity index is 983. The van der Waals surface area contributed by atoms with Crippen molar-refractivity contribution < 1.29 is 4.79 Å². The third kappa shape index (κ3) is 3.98. The molecule has 1 saturated heterocycles. The molecule has 1 aromatic heterocycles. The van der Waals surface area contributed by atoms with Crippen LogP contribution >= 0.6 is 46.1 Å². The number of alkyl halides is 3. The lowest BCUT2D eigenvalue weighted by Gasteiger charge is -2.34. The highest BCUT2D eigenvalue weighted by Crippen LogP contribution is 2.42. The fourth-order valence-corrected chi connectivity index (χ4v) is 4.94. The van der Waals surface area contributed by atoms with Crippen molar-refractivity contribution in [3.8, 4) is 0 Å². The number of hydrogen-bond donors (Lipinski definition) is 0. The highest BCUT2D eigenvalue weighted by molar-refractivity contribution is 7.22. The van der Waals surface area contributed by atoms with Gasteiger partial charge < -0.3 is 9.80 Å². The second-order valence-corrected chi connectivity index (χ2v) is 9.73. The van der Waals surface area contributed by atoms with Gasteiger partial charge in [0.05, 0.1) is 10.2 Å². The molecule has 2 heterocycles. The van der Waals surface area contributed by atoms with Crippen molar-refractivity contribution >= 4 is 73.5 Å². The molecule has 0 N–H and O–H groups in total. The molecule has 144 valence electrons. The third-order valence-corrected chi connectivity index (χ3v) is 6.15. The van der Waals surface area contributed by atoms with Crippen LogP contribution in [0.25, 0.3) is 16.3 Å². The summed E-state index contributed by atoms with van der Waals surface area (Å²) < 4.78 is -0.626. The number of nitrogens with zero attached hydrogens (tertiary/aromatic N) is 3. The van der Waals surface area contributed by atoms with E-state index in [0.29, 0.717) is 13.1 Å². The highest BCUT2D eigenvalue weighted by atomic mass is 35.6. The number of benzene rings is 2. The van der Waals surface area contributed by atoms with E-state index in [-0.39, 0.29) is 5.91 Å². The molecule has 0 aliphatic carbocycles. The minimum atomic E-state index is -1.68. The predicted octanol–water partition coefficient (Wildman–Crippen LogP) is 5.35.